The van der Waals surface area contributed by atoms with Crippen LogP contribution in [0.25, 0.3) is 0 Å². The predicted molar refractivity (Wildman–Crippen MR) is 75.8 cm³/mol. The van der Waals surface area contributed by atoms with Crippen LogP contribution in [-0.4, -0.2) is 30.4 Å². The molecule has 0 aliphatic carbocycles. The average Bonchev–Trinajstić information content (AvgIpc) is 2.35. The van der Waals surface area contributed by atoms with Crippen molar-refractivity contribution in [2.75, 3.05) is 13.6 Å². The lowest BCUT2D eigenvalue weighted by Gasteiger charge is -2.26. The van der Waals surface area contributed by atoms with Crippen molar-refractivity contribution in [1.29, 1.82) is 0 Å². The molecule has 1 aromatic carbocycles. The fraction of sp³-hybridized carbons (Fsp3) is 0.500. The number of carbonyl (C=O) groups excluding carboxylic acids is 1. The van der Waals surface area contributed by atoms with Gasteiger partial charge in [0.05, 0.1) is 12.6 Å². The van der Waals surface area contributed by atoms with E-state index in [4.69, 9.17) is 11.6 Å². The molecule has 0 radical (unpaired) electrons. The fourth-order valence-electron chi connectivity index (χ4n) is 1.60. The molecule has 0 saturated carbocycles. The highest BCUT2D eigenvalue weighted by Crippen LogP contribution is 2.20. The summed E-state index contributed by atoms with van der Waals surface area (Å²) in [4.78, 5) is 13.7. The molecule has 4 heteroatoms. The van der Waals surface area contributed by atoms with Gasteiger partial charge in [0, 0.05) is 18.1 Å². The Morgan fingerprint density at radius 1 is 1.28 bits per heavy atom. The van der Waals surface area contributed by atoms with E-state index in [2.05, 4.69) is 5.32 Å². The monoisotopic (exact) mass is 268 g/mol. The van der Waals surface area contributed by atoms with E-state index in [-0.39, 0.29) is 11.9 Å². The molecule has 0 bridgehead atoms. The molecular formula is C14H21ClN2O. The zero-order valence-electron chi connectivity index (χ0n) is 11.4. The molecule has 0 fully saturated rings. The summed E-state index contributed by atoms with van der Waals surface area (Å²) in [5.74, 6) is 0.0890. The molecule has 0 aromatic heterocycles. The quantitative estimate of drug-likeness (QED) is 0.891. The third-order valence-corrected chi connectivity index (χ3v) is 3.24. The first-order chi connectivity index (χ1) is 8.41. The van der Waals surface area contributed by atoms with Crippen molar-refractivity contribution in [1.82, 2.24) is 10.2 Å². The highest BCUT2D eigenvalue weighted by molar-refractivity contribution is 6.30. The standard InChI is InChI=1S/C14H21ClN2O/c1-10(2)16-9-14(18)17(4)11(3)12-5-7-13(15)8-6-12/h5-8,10-11,16H,9H2,1-4H3. The van der Waals surface area contributed by atoms with Gasteiger partial charge in [-0.3, -0.25) is 4.79 Å². The molecule has 0 heterocycles. The van der Waals surface area contributed by atoms with Crippen molar-refractivity contribution in [3.8, 4) is 0 Å². The maximum absolute atomic E-state index is 12.0. The van der Waals surface area contributed by atoms with Crippen LogP contribution in [0.5, 0.6) is 0 Å². The number of carbonyl (C=O) groups is 1. The second-order valence-electron chi connectivity index (χ2n) is 4.77. The Morgan fingerprint density at radius 2 is 1.83 bits per heavy atom. The largest absolute Gasteiger partial charge is 0.338 e. The SMILES string of the molecule is CC(C)NCC(=O)N(C)C(C)c1ccc(Cl)cc1. The fourth-order valence-corrected chi connectivity index (χ4v) is 1.72. The van der Waals surface area contributed by atoms with Crippen LogP contribution in [-0.2, 0) is 4.79 Å². The number of amides is 1. The van der Waals surface area contributed by atoms with Gasteiger partial charge in [-0.05, 0) is 24.6 Å². The smallest absolute Gasteiger partial charge is 0.236 e. The van der Waals surface area contributed by atoms with Crippen LogP contribution < -0.4 is 5.32 Å². The van der Waals surface area contributed by atoms with Crippen molar-refractivity contribution in [3.05, 3.63) is 34.9 Å². The molecular weight excluding hydrogens is 248 g/mol. The predicted octanol–water partition coefficient (Wildman–Crippen LogP) is 2.86. The van der Waals surface area contributed by atoms with Crippen molar-refractivity contribution < 1.29 is 4.79 Å². The number of hydrogen-bond acceptors (Lipinski definition) is 2. The van der Waals surface area contributed by atoms with Gasteiger partial charge in [-0.15, -0.1) is 0 Å². The molecule has 0 spiro atoms. The molecule has 0 saturated heterocycles. The summed E-state index contributed by atoms with van der Waals surface area (Å²) in [5, 5.41) is 3.84. The van der Waals surface area contributed by atoms with Gasteiger partial charge in [0.15, 0.2) is 0 Å². The number of likely N-dealkylation sites (N-methyl/N-ethyl adjacent to an activating group) is 1. The Kier molecular flexibility index (Phi) is 5.63. The van der Waals surface area contributed by atoms with E-state index in [1.807, 2.05) is 52.1 Å². The highest BCUT2D eigenvalue weighted by atomic mass is 35.5. The summed E-state index contributed by atoms with van der Waals surface area (Å²) < 4.78 is 0. The molecule has 1 N–H and O–H groups in total. The Balaban J connectivity index is 2.62. The molecule has 1 atom stereocenters. The van der Waals surface area contributed by atoms with Crippen molar-refractivity contribution in [3.63, 3.8) is 0 Å². The summed E-state index contributed by atoms with van der Waals surface area (Å²) in [6.07, 6.45) is 0. The number of benzene rings is 1. The molecule has 1 rings (SSSR count). The van der Waals surface area contributed by atoms with E-state index in [1.54, 1.807) is 4.90 Å². The van der Waals surface area contributed by atoms with Crippen LogP contribution >= 0.6 is 11.6 Å². The minimum atomic E-state index is 0.0451. The van der Waals surface area contributed by atoms with Gasteiger partial charge < -0.3 is 10.2 Å². The van der Waals surface area contributed by atoms with E-state index < -0.39 is 0 Å². The average molecular weight is 269 g/mol. The van der Waals surface area contributed by atoms with E-state index in [0.29, 0.717) is 17.6 Å². The number of nitrogens with zero attached hydrogens (tertiary/aromatic N) is 1. The third kappa shape index (κ3) is 4.31. The minimum absolute atomic E-state index is 0.0451. The Hall–Kier alpha value is -1.06. The Bertz CT molecular complexity index is 389. The zero-order chi connectivity index (χ0) is 13.7. The Labute approximate surface area is 114 Å². The van der Waals surface area contributed by atoms with E-state index in [1.165, 1.54) is 0 Å². The first-order valence-corrected chi connectivity index (χ1v) is 6.54. The van der Waals surface area contributed by atoms with Crippen LogP contribution in [0, 0.1) is 0 Å². The molecule has 0 aliphatic rings. The number of nitrogens with one attached hydrogen (secondary N) is 1. The highest BCUT2D eigenvalue weighted by Gasteiger charge is 2.17. The van der Waals surface area contributed by atoms with E-state index >= 15 is 0 Å². The second-order valence-corrected chi connectivity index (χ2v) is 5.20. The summed E-state index contributed by atoms with van der Waals surface area (Å²) in [6.45, 7) is 6.43. The van der Waals surface area contributed by atoms with Crippen LogP contribution in [0.4, 0.5) is 0 Å². The first kappa shape index (κ1) is 15.0. The molecule has 100 valence electrons. The van der Waals surface area contributed by atoms with E-state index in [0.717, 1.165) is 5.56 Å². The molecule has 1 aromatic rings. The van der Waals surface area contributed by atoms with Crippen molar-refractivity contribution in [2.45, 2.75) is 32.9 Å². The topological polar surface area (TPSA) is 32.3 Å². The van der Waals surface area contributed by atoms with Gasteiger partial charge in [-0.2, -0.15) is 0 Å². The Morgan fingerprint density at radius 3 is 2.33 bits per heavy atom. The van der Waals surface area contributed by atoms with Crippen LogP contribution in [0.1, 0.15) is 32.4 Å². The van der Waals surface area contributed by atoms with Crippen LogP contribution in [0.3, 0.4) is 0 Å². The number of hydrogen-bond donors (Lipinski definition) is 1. The summed E-state index contributed by atoms with van der Waals surface area (Å²) in [5.41, 5.74) is 1.08. The maximum atomic E-state index is 12.0. The summed E-state index contributed by atoms with van der Waals surface area (Å²) in [7, 11) is 1.82. The van der Waals surface area contributed by atoms with Gasteiger partial charge >= 0.3 is 0 Å². The summed E-state index contributed by atoms with van der Waals surface area (Å²) >= 11 is 5.85. The van der Waals surface area contributed by atoms with Gasteiger partial charge in [0.1, 0.15) is 0 Å². The van der Waals surface area contributed by atoms with Gasteiger partial charge in [-0.1, -0.05) is 37.6 Å². The molecule has 18 heavy (non-hydrogen) atoms. The lowest BCUT2D eigenvalue weighted by molar-refractivity contribution is -0.130. The lowest BCUT2D eigenvalue weighted by atomic mass is 10.1. The van der Waals surface area contributed by atoms with Crippen LogP contribution in [0.2, 0.25) is 5.02 Å². The molecule has 1 unspecified atom stereocenters. The number of halogens is 1. The molecule has 1 amide bonds. The molecule has 0 aliphatic heterocycles. The van der Waals surface area contributed by atoms with Gasteiger partial charge in [0.25, 0.3) is 0 Å². The lowest BCUT2D eigenvalue weighted by Crippen LogP contribution is -2.39. The van der Waals surface area contributed by atoms with Gasteiger partial charge in [0.2, 0.25) is 5.91 Å². The second kappa shape index (κ2) is 6.76. The number of rotatable bonds is 5. The van der Waals surface area contributed by atoms with E-state index in [9.17, 15) is 4.79 Å². The third-order valence-electron chi connectivity index (χ3n) is 2.99. The van der Waals surface area contributed by atoms with Crippen molar-refractivity contribution >= 4 is 17.5 Å². The normalized spacial score (nSPS) is 12.6. The van der Waals surface area contributed by atoms with Crippen LogP contribution in [0.15, 0.2) is 24.3 Å². The maximum Gasteiger partial charge on any atom is 0.236 e. The summed E-state index contributed by atoms with van der Waals surface area (Å²) in [6, 6.07) is 7.95. The van der Waals surface area contributed by atoms with Gasteiger partial charge in [-0.25, -0.2) is 0 Å². The van der Waals surface area contributed by atoms with Crippen molar-refractivity contribution in [2.24, 2.45) is 0 Å². The molecule has 3 nitrogen and oxygen atoms in total. The zero-order valence-corrected chi connectivity index (χ0v) is 12.2. The first-order valence-electron chi connectivity index (χ1n) is 6.16. The minimum Gasteiger partial charge on any atom is -0.338 e.